The second-order valence-corrected chi connectivity index (χ2v) is 3.92. The van der Waals surface area contributed by atoms with Gasteiger partial charge in [-0.15, -0.1) is 0 Å². The molecule has 0 aliphatic rings. The maximum absolute atomic E-state index is 12.5. The van der Waals surface area contributed by atoms with Crippen molar-refractivity contribution in [3.63, 3.8) is 0 Å². The second kappa shape index (κ2) is 7.27. The van der Waals surface area contributed by atoms with Gasteiger partial charge in [-0.2, -0.15) is 5.26 Å². The van der Waals surface area contributed by atoms with E-state index < -0.39 is 0 Å². The zero-order valence-corrected chi connectivity index (χ0v) is 11.5. The van der Waals surface area contributed by atoms with Crippen LogP contribution < -0.4 is 9.47 Å². The van der Waals surface area contributed by atoms with E-state index in [1.807, 2.05) is 13.0 Å². The summed E-state index contributed by atoms with van der Waals surface area (Å²) in [6.07, 6.45) is 0.783. The van der Waals surface area contributed by atoms with Gasteiger partial charge in [-0.1, -0.05) is 13.0 Å². The molecule has 0 aromatic heterocycles. The van der Waals surface area contributed by atoms with Crippen LogP contribution in [0.25, 0.3) is 0 Å². The quantitative estimate of drug-likeness (QED) is 0.736. The van der Waals surface area contributed by atoms with Crippen molar-refractivity contribution in [1.82, 2.24) is 4.90 Å². The number of rotatable bonds is 6. The number of methoxy groups -OCH3 is 2. The molecule has 0 unspecified atom stereocenters. The number of ether oxygens (including phenoxy) is 2. The van der Waals surface area contributed by atoms with Crippen molar-refractivity contribution in [3.8, 4) is 17.6 Å². The van der Waals surface area contributed by atoms with E-state index in [1.165, 1.54) is 19.1 Å². The van der Waals surface area contributed by atoms with Gasteiger partial charge < -0.3 is 14.4 Å². The molecule has 102 valence electrons. The molecule has 1 rings (SSSR count). The molecule has 0 heterocycles. The van der Waals surface area contributed by atoms with Crippen LogP contribution in [0.2, 0.25) is 0 Å². The van der Waals surface area contributed by atoms with Crippen LogP contribution in [0.1, 0.15) is 23.7 Å². The average Bonchev–Trinajstić information content (AvgIpc) is 2.45. The molecule has 0 aliphatic carbocycles. The van der Waals surface area contributed by atoms with Gasteiger partial charge in [0.25, 0.3) is 5.91 Å². The Balaban J connectivity index is 3.19. The van der Waals surface area contributed by atoms with E-state index in [9.17, 15) is 4.79 Å². The molecule has 0 atom stereocenters. The van der Waals surface area contributed by atoms with Crippen LogP contribution >= 0.6 is 0 Å². The summed E-state index contributed by atoms with van der Waals surface area (Å²) >= 11 is 0. The molecular weight excluding hydrogens is 244 g/mol. The van der Waals surface area contributed by atoms with Crippen molar-refractivity contribution in [2.24, 2.45) is 0 Å². The van der Waals surface area contributed by atoms with Gasteiger partial charge in [0, 0.05) is 6.54 Å². The third kappa shape index (κ3) is 3.38. The Morgan fingerprint density at radius 1 is 1.32 bits per heavy atom. The van der Waals surface area contributed by atoms with E-state index in [1.54, 1.807) is 18.2 Å². The summed E-state index contributed by atoms with van der Waals surface area (Å²) in [6, 6.07) is 7.16. The van der Waals surface area contributed by atoms with Crippen LogP contribution in [0, 0.1) is 11.3 Å². The molecule has 1 aromatic rings. The lowest BCUT2D eigenvalue weighted by Crippen LogP contribution is -2.32. The van der Waals surface area contributed by atoms with Crippen LogP contribution in [-0.2, 0) is 0 Å². The average molecular weight is 262 g/mol. The minimum atomic E-state index is -0.252. The molecule has 1 amide bonds. The van der Waals surface area contributed by atoms with Crippen LogP contribution in [0.15, 0.2) is 18.2 Å². The molecule has 5 nitrogen and oxygen atoms in total. The van der Waals surface area contributed by atoms with Gasteiger partial charge in [-0.05, 0) is 18.6 Å². The highest BCUT2D eigenvalue weighted by Gasteiger charge is 2.23. The minimum Gasteiger partial charge on any atom is -0.496 e. The highest BCUT2D eigenvalue weighted by Crippen LogP contribution is 2.29. The maximum Gasteiger partial charge on any atom is 0.262 e. The van der Waals surface area contributed by atoms with Crippen molar-refractivity contribution >= 4 is 5.91 Å². The third-order valence-corrected chi connectivity index (χ3v) is 2.68. The molecule has 0 bridgehead atoms. The Hall–Kier alpha value is -2.22. The first kappa shape index (κ1) is 14.8. The molecule has 0 aliphatic heterocycles. The molecule has 5 heteroatoms. The first-order valence-electron chi connectivity index (χ1n) is 6.06. The van der Waals surface area contributed by atoms with Crippen LogP contribution in [0.4, 0.5) is 0 Å². The Morgan fingerprint density at radius 3 is 2.32 bits per heavy atom. The lowest BCUT2D eigenvalue weighted by molar-refractivity contribution is 0.0769. The molecule has 19 heavy (non-hydrogen) atoms. The van der Waals surface area contributed by atoms with Crippen LogP contribution in [-0.4, -0.2) is 38.1 Å². The Morgan fingerprint density at radius 2 is 1.89 bits per heavy atom. The Kier molecular flexibility index (Phi) is 5.68. The van der Waals surface area contributed by atoms with Crippen molar-refractivity contribution in [1.29, 1.82) is 5.26 Å². The molecule has 0 N–H and O–H groups in total. The van der Waals surface area contributed by atoms with Crippen molar-refractivity contribution < 1.29 is 14.3 Å². The van der Waals surface area contributed by atoms with Gasteiger partial charge >= 0.3 is 0 Å². The van der Waals surface area contributed by atoms with Crippen LogP contribution in [0.5, 0.6) is 11.5 Å². The summed E-state index contributed by atoms with van der Waals surface area (Å²) in [4.78, 5) is 14.0. The monoisotopic (exact) mass is 262 g/mol. The largest absolute Gasteiger partial charge is 0.496 e. The molecule has 0 saturated carbocycles. The molecule has 0 spiro atoms. The summed E-state index contributed by atoms with van der Waals surface area (Å²) in [7, 11) is 3.00. The summed E-state index contributed by atoms with van der Waals surface area (Å²) in [6.45, 7) is 2.53. The fourth-order valence-corrected chi connectivity index (χ4v) is 1.83. The van der Waals surface area contributed by atoms with Crippen molar-refractivity contribution in [3.05, 3.63) is 23.8 Å². The number of carbonyl (C=O) groups is 1. The number of benzene rings is 1. The fourth-order valence-electron chi connectivity index (χ4n) is 1.83. The van der Waals surface area contributed by atoms with Crippen LogP contribution in [0.3, 0.4) is 0 Å². The molecule has 0 saturated heterocycles. The molecule has 0 radical (unpaired) electrons. The zero-order chi connectivity index (χ0) is 14.3. The lowest BCUT2D eigenvalue weighted by atomic mass is 10.1. The first-order valence-corrected chi connectivity index (χ1v) is 6.06. The highest BCUT2D eigenvalue weighted by atomic mass is 16.5. The maximum atomic E-state index is 12.5. The number of carbonyl (C=O) groups excluding carboxylic acids is 1. The summed E-state index contributed by atoms with van der Waals surface area (Å²) in [5.41, 5.74) is 0.358. The van der Waals surface area contributed by atoms with E-state index in [0.29, 0.717) is 23.6 Å². The zero-order valence-electron chi connectivity index (χ0n) is 11.5. The minimum absolute atomic E-state index is 0.0495. The van der Waals surface area contributed by atoms with E-state index in [0.717, 1.165) is 6.42 Å². The lowest BCUT2D eigenvalue weighted by Gasteiger charge is -2.21. The molecule has 1 aromatic carbocycles. The molecule has 0 fully saturated rings. The van der Waals surface area contributed by atoms with Gasteiger partial charge in [0.2, 0.25) is 0 Å². The number of hydrogen-bond acceptors (Lipinski definition) is 4. The topological polar surface area (TPSA) is 62.6 Å². The van der Waals surface area contributed by atoms with Gasteiger partial charge in [0.05, 0.1) is 20.3 Å². The van der Waals surface area contributed by atoms with Gasteiger partial charge in [-0.3, -0.25) is 4.79 Å². The highest BCUT2D eigenvalue weighted by molar-refractivity contribution is 5.99. The van der Waals surface area contributed by atoms with Crippen molar-refractivity contribution in [2.75, 3.05) is 27.3 Å². The number of hydrogen-bond donors (Lipinski definition) is 0. The standard InChI is InChI=1S/C14H18N2O3/c1-4-9-16(10-8-15)14(17)13-11(18-2)6-5-7-12(13)19-3/h5-7H,4,9-10H2,1-3H3. The Bertz CT molecular complexity index is 458. The number of nitrogens with zero attached hydrogens (tertiary/aromatic N) is 2. The summed E-state index contributed by atoms with van der Waals surface area (Å²) < 4.78 is 10.4. The first-order chi connectivity index (χ1) is 9.19. The van der Waals surface area contributed by atoms with Gasteiger partial charge in [-0.25, -0.2) is 0 Å². The normalized spacial score (nSPS) is 9.58. The SMILES string of the molecule is CCCN(CC#N)C(=O)c1c(OC)cccc1OC. The van der Waals surface area contributed by atoms with Gasteiger partial charge in [0.15, 0.2) is 0 Å². The predicted molar refractivity (Wildman–Crippen MR) is 71.4 cm³/mol. The second-order valence-electron chi connectivity index (χ2n) is 3.92. The third-order valence-electron chi connectivity index (χ3n) is 2.68. The summed E-state index contributed by atoms with van der Waals surface area (Å²) in [5.74, 6) is 0.643. The van der Waals surface area contributed by atoms with Crippen molar-refractivity contribution in [2.45, 2.75) is 13.3 Å². The molecular formula is C14H18N2O3. The number of amides is 1. The Labute approximate surface area is 113 Å². The van der Waals surface area contributed by atoms with E-state index >= 15 is 0 Å². The predicted octanol–water partition coefficient (Wildman–Crippen LogP) is 2.08. The van der Waals surface area contributed by atoms with Gasteiger partial charge in [0.1, 0.15) is 23.6 Å². The number of nitriles is 1. The van der Waals surface area contributed by atoms with E-state index in [2.05, 4.69) is 0 Å². The summed E-state index contributed by atoms with van der Waals surface area (Å²) in [5, 5.41) is 8.81. The fraction of sp³-hybridized carbons (Fsp3) is 0.429. The smallest absolute Gasteiger partial charge is 0.262 e. The van der Waals surface area contributed by atoms with E-state index in [4.69, 9.17) is 14.7 Å². The van der Waals surface area contributed by atoms with E-state index in [-0.39, 0.29) is 12.5 Å².